The number of aromatic nitrogens is 2. The van der Waals surface area contributed by atoms with Crippen molar-refractivity contribution < 1.29 is 8.42 Å². The molecule has 0 aliphatic rings. The second-order valence-electron chi connectivity index (χ2n) is 4.91. The van der Waals surface area contributed by atoms with Gasteiger partial charge >= 0.3 is 0 Å². The summed E-state index contributed by atoms with van der Waals surface area (Å²) < 4.78 is 24.2. The van der Waals surface area contributed by atoms with Crippen molar-refractivity contribution in [2.45, 2.75) is 26.8 Å². The fourth-order valence-electron chi connectivity index (χ4n) is 1.70. The summed E-state index contributed by atoms with van der Waals surface area (Å²) in [6, 6.07) is 0.177. The zero-order valence-electron chi connectivity index (χ0n) is 11.6. The van der Waals surface area contributed by atoms with Gasteiger partial charge in [0.05, 0.1) is 17.1 Å². The highest BCUT2D eigenvalue weighted by molar-refractivity contribution is 7.90. The van der Waals surface area contributed by atoms with Crippen LogP contribution in [0, 0.1) is 6.92 Å². The van der Waals surface area contributed by atoms with Crippen LogP contribution in [-0.2, 0) is 9.84 Å². The first-order valence-corrected chi connectivity index (χ1v) is 7.93. The predicted molar refractivity (Wildman–Crippen MR) is 74.7 cm³/mol. The molecule has 0 unspecified atom stereocenters. The minimum atomic E-state index is -2.98. The van der Waals surface area contributed by atoms with Crippen LogP contribution in [0.25, 0.3) is 0 Å². The Bertz CT molecular complexity index is 519. The highest BCUT2D eigenvalue weighted by atomic mass is 32.2. The van der Waals surface area contributed by atoms with Gasteiger partial charge in [-0.25, -0.2) is 13.1 Å². The highest BCUT2D eigenvalue weighted by Crippen LogP contribution is 2.28. The average molecular weight is 274 g/mol. The molecule has 1 rings (SSSR count). The summed E-state index contributed by atoms with van der Waals surface area (Å²) in [5, 5.41) is 4.38. The van der Waals surface area contributed by atoms with Gasteiger partial charge in [-0.2, -0.15) is 5.10 Å². The van der Waals surface area contributed by atoms with Crippen LogP contribution in [0.15, 0.2) is 0 Å². The van der Waals surface area contributed by atoms with Crippen LogP contribution in [-0.4, -0.2) is 43.8 Å². The predicted octanol–water partition coefficient (Wildman–Crippen LogP) is 0.835. The Labute approximate surface area is 109 Å². The molecule has 18 heavy (non-hydrogen) atoms. The normalized spacial score (nSPS) is 12.1. The molecule has 0 aliphatic heterocycles. The molecule has 0 saturated carbocycles. The monoisotopic (exact) mass is 274 g/mol. The first-order chi connectivity index (χ1) is 8.13. The fourth-order valence-corrected chi connectivity index (χ4v) is 2.30. The van der Waals surface area contributed by atoms with Gasteiger partial charge in [0.1, 0.15) is 9.84 Å². The van der Waals surface area contributed by atoms with E-state index in [9.17, 15) is 8.42 Å². The third kappa shape index (κ3) is 3.38. The lowest BCUT2D eigenvalue weighted by molar-refractivity contribution is 0.526. The molecule has 1 aromatic heterocycles. The maximum Gasteiger partial charge on any atom is 0.150 e. The molecule has 6 nitrogen and oxygen atoms in total. The maximum absolute atomic E-state index is 11.2. The van der Waals surface area contributed by atoms with E-state index < -0.39 is 9.84 Å². The van der Waals surface area contributed by atoms with Gasteiger partial charge in [-0.15, -0.1) is 0 Å². The van der Waals surface area contributed by atoms with Gasteiger partial charge in [0.2, 0.25) is 0 Å². The molecule has 7 heteroatoms. The number of hydrogen-bond acceptors (Lipinski definition) is 5. The number of nitrogens with zero attached hydrogens (tertiary/aromatic N) is 3. The Balaban J connectivity index is 3.01. The Hall–Kier alpha value is -1.24. The number of hydrogen-bond donors (Lipinski definition) is 1. The Morgan fingerprint density at radius 2 is 2.00 bits per heavy atom. The minimum Gasteiger partial charge on any atom is -0.394 e. The number of sulfone groups is 1. The topological polar surface area (TPSA) is 81.2 Å². The largest absolute Gasteiger partial charge is 0.394 e. The molecule has 0 amide bonds. The first kappa shape index (κ1) is 14.8. The van der Waals surface area contributed by atoms with Gasteiger partial charge in [0.15, 0.2) is 5.82 Å². The molecular weight excluding hydrogens is 252 g/mol. The lowest BCUT2D eigenvalue weighted by Crippen LogP contribution is -2.28. The van der Waals surface area contributed by atoms with E-state index in [0.717, 1.165) is 11.5 Å². The molecule has 0 atom stereocenters. The zero-order valence-corrected chi connectivity index (χ0v) is 12.5. The standard InChI is InChI=1S/C11H22N4O2S/c1-8(2)15-11(10(12)9(3)13-15)14(4)6-7-18(5,16)17/h8H,6-7,12H2,1-5H3. The highest BCUT2D eigenvalue weighted by Gasteiger charge is 2.19. The molecular formula is C11H22N4O2S. The number of rotatable bonds is 5. The Morgan fingerprint density at radius 3 is 2.44 bits per heavy atom. The van der Waals surface area contributed by atoms with Gasteiger partial charge in [-0.3, -0.25) is 0 Å². The smallest absolute Gasteiger partial charge is 0.150 e. The number of nitrogens with two attached hydrogens (primary N) is 1. The number of aryl methyl sites for hydroxylation is 1. The van der Waals surface area contributed by atoms with Crippen molar-refractivity contribution in [1.82, 2.24) is 9.78 Å². The van der Waals surface area contributed by atoms with Crippen LogP contribution >= 0.6 is 0 Å². The summed E-state index contributed by atoms with van der Waals surface area (Å²) in [6.45, 7) is 6.28. The molecule has 0 fully saturated rings. The maximum atomic E-state index is 11.2. The van der Waals surface area contributed by atoms with Crippen LogP contribution < -0.4 is 10.6 Å². The summed E-state index contributed by atoms with van der Waals surface area (Å²) in [4.78, 5) is 1.84. The van der Waals surface area contributed by atoms with E-state index in [1.54, 1.807) is 0 Å². The molecule has 0 saturated heterocycles. The van der Waals surface area contributed by atoms with Crippen molar-refractivity contribution in [3.63, 3.8) is 0 Å². The van der Waals surface area contributed by atoms with E-state index in [4.69, 9.17) is 5.73 Å². The van der Waals surface area contributed by atoms with E-state index in [1.807, 2.05) is 37.4 Å². The van der Waals surface area contributed by atoms with E-state index in [0.29, 0.717) is 12.2 Å². The van der Waals surface area contributed by atoms with Gasteiger partial charge in [0.25, 0.3) is 0 Å². The summed E-state index contributed by atoms with van der Waals surface area (Å²) in [5.74, 6) is 0.886. The van der Waals surface area contributed by atoms with Crippen molar-refractivity contribution in [1.29, 1.82) is 0 Å². The molecule has 0 aromatic carbocycles. The van der Waals surface area contributed by atoms with Crippen LogP contribution in [0.2, 0.25) is 0 Å². The quantitative estimate of drug-likeness (QED) is 0.860. The lowest BCUT2D eigenvalue weighted by Gasteiger charge is -2.22. The molecule has 1 heterocycles. The number of nitrogen functional groups attached to an aromatic ring is 1. The molecule has 2 N–H and O–H groups in total. The van der Waals surface area contributed by atoms with Gasteiger partial charge < -0.3 is 10.6 Å². The fraction of sp³-hybridized carbons (Fsp3) is 0.727. The van der Waals surface area contributed by atoms with E-state index >= 15 is 0 Å². The van der Waals surface area contributed by atoms with Gasteiger partial charge in [0, 0.05) is 25.9 Å². The van der Waals surface area contributed by atoms with Crippen LogP contribution in [0.3, 0.4) is 0 Å². The third-order valence-electron chi connectivity index (χ3n) is 2.75. The second-order valence-corrected chi connectivity index (χ2v) is 7.17. The van der Waals surface area contributed by atoms with Crippen molar-refractivity contribution in [3.05, 3.63) is 5.69 Å². The summed E-state index contributed by atoms with van der Waals surface area (Å²) in [6.07, 6.45) is 1.23. The summed E-state index contributed by atoms with van der Waals surface area (Å²) in [7, 11) is -1.15. The molecule has 0 spiro atoms. The Morgan fingerprint density at radius 1 is 1.44 bits per heavy atom. The van der Waals surface area contributed by atoms with E-state index in [2.05, 4.69) is 5.10 Å². The molecule has 0 aliphatic carbocycles. The van der Waals surface area contributed by atoms with Gasteiger partial charge in [-0.05, 0) is 20.8 Å². The second kappa shape index (κ2) is 5.17. The number of anilines is 2. The van der Waals surface area contributed by atoms with E-state index in [1.165, 1.54) is 6.26 Å². The van der Waals surface area contributed by atoms with Crippen LogP contribution in [0.4, 0.5) is 11.5 Å². The van der Waals surface area contributed by atoms with Crippen molar-refractivity contribution in [2.24, 2.45) is 0 Å². The molecule has 0 radical (unpaired) electrons. The van der Waals surface area contributed by atoms with Crippen LogP contribution in [0.1, 0.15) is 25.6 Å². The Kier molecular flexibility index (Phi) is 4.26. The van der Waals surface area contributed by atoms with Crippen molar-refractivity contribution >= 4 is 21.3 Å². The minimum absolute atomic E-state index is 0.102. The van der Waals surface area contributed by atoms with Crippen molar-refractivity contribution in [2.75, 3.05) is 36.2 Å². The lowest BCUT2D eigenvalue weighted by atomic mass is 10.3. The molecule has 104 valence electrons. The van der Waals surface area contributed by atoms with Crippen LogP contribution in [0.5, 0.6) is 0 Å². The summed E-state index contributed by atoms with van der Waals surface area (Å²) >= 11 is 0. The molecule has 0 bridgehead atoms. The average Bonchev–Trinajstić information content (AvgIpc) is 2.51. The SMILES string of the molecule is Cc1nn(C(C)C)c(N(C)CCS(C)(=O)=O)c1N. The van der Waals surface area contributed by atoms with Gasteiger partial charge in [-0.1, -0.05) is 0 Å². The van der Waals surface area contributed by atoms with Crippen molar-refractivity contribution in [3.8, 4) is 0 Å². The summed E-state index contributed by atoms with van der Waals surface area (Å²) in [5.41, 5.74) is 7.39. The zero-order chi connectivity index (χ0) is 14.1. The third-order valence-corrected chi connectivity index (χ3v) is 3.68. The van der Waals surface area contributed by atoms with E-state index in [-0.39, 0.29) is 11.8 Å². The molecule has 1 aromatic rings. The first-order valence-electron chi connectivity index (χ1n) is 5.87.